The highest BCUT2D eigenvalue weighted by molar-refractivity contribution is 6.36. The summed E-state index contributed by atoms with van der Waals surface area (Å²) in [6.45, 7) is -0.310. The predicted molar refractivity (Wildman–Crippen MR) is 241 cm³/mol. The lowest BCUT2D eigenvalue weighted by molar-refractivity contribution is -0.138. The van der Waals surface area contributed by atoms with E-state index < -0.39 is 52.0 Å². The van der Waals surface area contributed by atoms with Gasteiger partial charge in [0.15, 0.2) is 23.0 Å². The molecule has 17 nitrogen and oxygen atoms in total. The third-order valence-electron chi connectivity index (χ3n) is 12.7. The molecule has 1 aliphatic carbocycles. The van der Waals surface area contributed by atoms with E-state index in [1.807, 2.05) is 0 Å². The van der Waals surface area contributed by atoms with Gasteiger partial charge in [-0.1, -0.05) is 53.0 Å². The molecule has 4 heterocycles. The van der Waals surface area contributed by atoms with Crippen LogP contribution in [0.3, 0.4) is 0 Å². The number of aromatic nitrogens is 5. The summed E-state index contributed by atoms with van der Waals surface area (Å²) < 4.78 is 26.9. The van der Waals surface area contributed by atoms with Gasteiger partial charge in [0.25, 0.3) is 17.4 Å². The number of rotatable bonds is 11. The minimum atomic E-state index is -1.73. The van der Waals surface area contributed by atoms with Gasteiger partial charge in [-0.3, -0.25) is 19.8 Å². The van der Waals surface area contributed by atoms with Gasteiger partial charge >= 0.3 is 11.4 Å². The molecule has 2 N–H and O–H groups in total. The summed E-state index contributed by atoms with van der Waals surface area (Å²) in [5.74, 6) is -2.58. The van der Waals surface area contributed by atoms with E-state index in [4.69, 9.17) is 53.8 Å². The van der Waals surface area contributed by atoms with Crippen LogP contribution < -0.4 is 41.3 Å². The molecule has 1 saturated heterocycles. The number of aryl methyl sites for hydroxylation is 2. The Labute approximate surface area is 384 Å². The summed E-state index contributed by atoms with van der Waals surface area (Å²) in [6, 6.07) is 16.7. The van der Waals surface area contributed by atoms with Crippen LogP contribution in [-0.2, 0) is 41.6 Å². The number of nitrogens with zero attached hydrogens (tertiary/aromatic N) is 6. The molecule has 2 aromatic heterocycles. The van der Waals surface area contributed by atoms with Crippen molar-refractivity contribution in [1.82, 2.24) is 28.5 Å². The van der Waals surface area contributed by atoms with Crippen LogP contribution in [0, 0.1) is 5.92 Å². The maximum absolute atomic E-state index is 15.6. The minimum absolute atomic E-state index is 0.00147. The number of hydrogen-bond acceptors (Lipinski definition) is 12. The van der Waals surface area contributed by atoms with Crippen LogP contribution >= 0.6 is 34.8 Å². The molecular weight excluding hydrogens is 905 g/mol. The molecule has 0 spiro atoms. The molecule has 4 aromatic carbocycles. The van der Waals surface area contributed by atoms with E-state index in [0.717, 1.165) is 9.58 Å². The number of carbonyl (C=O) groups excluding carboxylic acids is 2. The third-order valence-corrected chi connectivity index (χ3v) is 13.6. The van der Waals surface area contributed by atoms with Crippen LogP contribution in [0.4, 0.5) is 5.69 Å². The van der Waals surface area contributed by atoms with Gasteiger partial charge in [0.05, 0.1) is 79.1 Å². The van der Waals surface area contributed by atoms with E-state index in [0.29, 0.717) is 50.0 Å². The molecule has 0 bridgehead atoms. The number of anilines is 1. The molecule has 0 radical (unpaired) electrons. The van der Waals surface area contributed by atoms with Crippen LogP contribution in [0.1, 0.15) is 35.2 Å². The van der Waals surface area contributed by atoms with Crippen LogP contribution in [0.25, 0.3) is 11.0 Å². The quantitative estimate of drug-likeness (QED) is 0.121. The Morgan fingerprint density at radius 2 is 1.54 bits per heavy atom. The number of phenols is 1. The largest absolute Gasteiger partial charge is 0.503 e. The van der Waals surface area contributed by atoms with Gasteiger partial charge in [0, 0.05) is 43.1 Å². The summed E-state index contributed by atoms with van der Waals surface area (Å²) in [5, 5.41) is 12.2. The first-order valence-corrected chi connectivity index (χ1v) is 21.4. The number of amides is 2. The molecule has 65 heavy (non-hydrogen) atoms. The van der Waals surface area contributed by atoms with Gasteiger partial charge in [-0.15, -0.1) is 0 Å². The number of methoxy groups -OCH3 is 4. The zero-order valence-electron chi connectivity index (χ0n) is 35.4. The van der Waals surface area contributed by atoms with Crippen molar-refractivity contribution in [3.05, 3.63) is 142 Å². The summed E-state index contributed by atoms with van der Waals surface area (Å²) >= 11 is 19.5. The number of imide groups is 1. The summed E-state index contributed by atoms with van der Waals surface area (Å²) in [7, 11) is 7.41. The zero-order valence-corrected chi connectivity index (χ0v) is 37.7. The maximum Gasteiger partial charge on any atom is 0.347 e. The Balaban J connectivity index is 1.20. The molecule has 20 heteroatoms. The van der Waals surface area contributed by atoms with Crippen molar-refractivity contribution in [2.24, 2.45) is 13.0 Å². The van der Waals surface area contributed by atoms with Crippen LogP contribution in [0.2, 0.25) is 15.1 Å². The molecule has 0 unspecified atom stereocenters. The van der Waals surface area contributed by atoms with Crippen molar-refractivity contribution in [1.29, 1.82) is 0 Å². The molecule has 9 rings (SSSR count). The molecule has 2 amide bonds. The third kappa shape index (κ3) is 6.65. The lowest BCUT2D eigenvalue weighted by atomic mass is 9.53. The number of ether oxygens (including phenoxy) is 4. The number of hydrazine groups is 1. The van der Waals surface area contributed by atoms with Gasteiger partial charge in [-0.25, -0.2) is 28.5 Å². The highest BCUT2D eigenvalue weighted by Gasteiger charge is 2.69. The average Bonchev–Trinajstić information content (AvgIpc) is 3.68. The van der Waals surface area contributed by atoms with Crippen molar-refractivity contribution >= 4 is 63.3 Å². The number of allylic oxidation sites excluding steroid dienone is 2. The highest BCUT2D eigenvalue weighted by atomic mass is 35.5. The summed E-state index contributed by atoms with van der Waals surface area (Å²) in [5.41, 5.74) is 2.04. The fourth-order valence-corrected chi connectivity index (χ4v) is 10.4. The van der Waals surface area contributed by atoms with Gasteiger partial charge in [0.1, 0.15) is 11.4 Å². The topological polar surface area (TPSA) is 190 Å². The predicted octanol–water partition coefficient (Wildman–Crippen LogP) is 5.62. The average molecular weight is 945 g/mol. The molecule has 2 fully saturated rings. The van der Waals surface area contributed by atoms with Crippen molar-refractivity contribution in [3.63, 3.8) is 0 Å². The van der Waals surface area contributed by atoms with Gasteiger partial charge in [0.2, 0.25) is 0 Å². The second-order valence-corrected chi connectivity index (χ2v) is 17.1. The van der Waals surface area contributed by atoms with Gasteiger partial charge < -0.3 is 28.6 Å². The first kappa shape index (κ1) is 43.6. The standard InChI is InChI=1S/C45H40Cl3N7O10/c1-51-34-21-36(64-4)35(63-3)20-32(34)49-31(41(51)58)13-14-52-43(60)53-15-12-26-33(55(53)44(52)61)19-27-40(57)54(50-30-11-8-24(46)18-28(30)47)42(59)45(27,23-6-9-25(62-2)10-7-23)38(26)22-16-29(48)39(56)37(17-22)65-5/h6-12,16-18,20-21,27,33,38,50,56H,13-15,19H2,1-5H3/t27-,33+,38-,45+/m0/s1. The zero-order chi connectivity index (χ0) is 46.2. The number of hydrogen-bond donors (Lipinski definition) is 2. The molecular formula is C45H40Cl3N7O10. The molecule has 336 valence electrons. The normalized spacial score (nSPS) is 20.0. The molecule has 2 aliphatic heterocycles. The van der Waals surface area contributed by atoms with Crippen LogP contribution in [0.15, 0.2) is 92.8 Å². The lowest BCUT2D eigenvalue weighted by Crippen LogP contribution is -2.53. The number of carbonyl (C=O) groups is 2. The Morgan fingerprint density at radius 1 is 0.831 bits per heavy atom. The van der Waals surface area contributed by atoms with Crippen molar-refractivity contribution in [2.45, 2.75) is 43.3 Å². The Bertz CT molecular complexity index is 3200. The second kappa shape index (κ2) is 16.4. The van der Waals surface area contributed by atoms with Crippen molar-refractivity contribution < 1.29 is 33.6 Å². The Kier molecular flexibility index (Phi) is 11.0. The fourth-order valence-electron chi connectivity index (χ4n) is 9.73. The Morgan fingerprint density at radius 3 is 2.22 bits per heavy atom. The number of aromatic hydroxyl groups is 1. The number of phenolic OH excluding ortho intramolecular Hbond substituents is 1. The smallest absolute Gasteiger partial charge is 0.347 e. The maximum atomic E-state index is 15.6. The van der Waals surface area contributed by atoms with Crippen LogP contribution in [0.5, 0.6) is 28.7 Å². The summed E-state index contributed by atoms with van der Waals surface area (Å²) in [6.07, 6.45) is 1.58. The number of fused-ring (bicyclic) bond motifs is 5. The fraction of sp³-hybridized carbons (Fsp3) is 0.289. The lowest BCUT2D eigenvalue weighted by Gasteiger charge is -2.49. The first-order valence-electron chi connectivity index (χ1n) is 20.2. The monoisotopic (exact) mass is 943 g/mol. The molecule has 6 aromatic rings. The van der Waals surface area contributed by atoms with Crippen LogP contribution in [-0.4, -0.2) is 73.9 Å². The molecule has 4 atom stereocenters. The van der Waals surface area contributed by atoms with Gasteiger partial charge in [-0.05, 0) is 65.6 Å². The van der Waals surface area contributed by atoms with E-state index in [-0.39, 0.29) is 58.9 Å². The molecule has 3 aliphatic rings. The second-order valence-electron chi connectivity index (χ2n) is 15.8. The van der Waals surface area contributed by atoms with Crippen molar-refractivity contribution in [3.8, 4) is 28.7 Å². The van der Waals surface area contributed by atoms with E-state index in [1.54, 1.807) is 61.7 Å². The minimum Gasteiger partial charge on any atom is -0.503 e. The van der Waals surface area contributed by atoms with Gasteiger partial charge in [-0.2, -0.15) is 5.01 Å². The van der Waals surface area contributed by atoms with E-state index in [1.165, 1.54) is 60.6 Å². The number of halogens is 3. The number of benzene rings is 4. The summed E-state index contributed by atoms with van der Waals surface area (Å²) in [4.78, 5) is 78.0. The van der Waals surface area contributed by atoms with E-state index in [9.17, 15) is 19.5 Å². The molecule has 1 saturated carbocycles. The first-order chi connectivity index (χ1) is 31.2. The van der Waals surface area contributed by atoms with Crippen molar-refractivity contribution in [2.75, 3.05) is 33.9 Å². The Hall–Kier alpha value is -6.69. The SMILES string of the molecule is COc1ccc([C@@]23C(=O)N(Nc4ccc(Cl)cc4Cl)C(=O)[C@@H]2C[C@@H]2C(=CCn4c(=O)n(CCc5nc6cc(OC)c(OC)cc6n(C)c5=O)c(=O)n42)[C@@H]3c2cc(Cl)c(O)c(OC)c2)cc1. The highest BCUT2D eigenvalue weighted by Crippen LogP contribution is 2.62. The van der Waals surface area contributed by atoms with E-state index in [2.05, 4.69) is 10.4 Å². The van der Waals surface area contributed by atoms with E-state index >= 15 is 9.59 Å². The number of nitrogens with one attached hydrogen (secondary N) is 1.